The van der Waals surface area contributed by atoms with Gasteiger partial charge in [0, 0.05) is 45.4 Å². The fourth-order valence-corrected chi connectivity index (χ4v) is 3.88. The predicted molar refractivity (Wildman–Crippen MR) is 101 cm³/mol. The lowest BCUT2D eigenvalue weighted by Gasteiger charge is -2.41. The molecule has 0 amide bonds. The molecule has 0 spiro atoms. The van der Waals surface area contributed by atoms with Gasteiger partial charge >= 0.3 is 0 Å². The average Bonchev–Trinajstić information content (AvgIpc) is 2.53. The molecule has 2 aliphatic heterocycles. The van der Waals surface area contributed by atoms with Gasteiger partial charge in [0.2, 0.25) is 0 Å². The standard InChI is InChI=1S/C16H23BrN2O2.2ClH/c17-14-11-13(1-2-15(14)20)16(12-3-9-21-10-4-12)19-7-5-18-6-8-19;;/h1-2,11-12,16,18,20H,3-10H2;2*1H/t16-;;/m1../s1. The van der Waals surface area contributed by atoms with Crippen molar-refractivity contribution in [3.05, 3.63) is 28.2 Å². The minimum absolute atomic E-state index is 0. The third kappa shape index (κ3) is 5.21. The zero-order chi connectivity index (χ0) is 14.7. The molecule has 132 valence electrons. The van der Waals surface area contributed by atoms with Crippen molar-refractivity contribution in [3.8, 4) is 5.75 Å². The molecule has 23 heavy (non-hydrogen) atoms. The van der Waals surface area contributed by atoms with Crippen molar-refractivity contribution in [3.63, 3.8) is 0 Å². The van der Waals surface area contributed by atoms with Crippen molar-refractivity contribution < 1.29 is 9.84 Å². The highest BCUT2D eigenvalue weighted by Gasteiger charge is 2.31. The Labute approximate surface area is 158 Å². The maximum atomic E-state index is 9.76. The van der Waals surface area contributed by atoms with Crippen molar-refractivity contribution in [2.24, 2.45) is 5.92 Å². The molecule has 3 rings (SSSR count). The molecule has 0 saturated carbocycles. The lowest BCUT2D eigenvalue weighted by Crippen LogP contribution is -2.47. The quantitative estimate of drug-likeness (QED) is 0.776. The van der Waals surface area contributed by atoms with Gasteiger partial charge in [-0.05, 0) is 52.4 Å². The fraction of sp³-hybridized carbons (Fsp3) is 0.625. The number of aromatic hydroxyl groups is 1. The number of rotatable bonds is 3. The number of phenolic OH excluding ortho intramolecular Hbond substituents is 1. The highest BCUT2D eigenvalue weighted by molar-refractivity contribution is 9.10. The van der Waals surface area contributed by atoms with Gasteiger partial charge in [-0.15, -0.1) is 24.8 Å². The maximum absolute atomic E-state index is 9.76. The number of nitrogens with one attached hydrogen (secondary N) is 1. The Morgan fingerprint density at radius 3 is 2.43 bits per heavy atom. The molecule has 2 saturated heterocycles. The van der Waals surface area contributed by atoms with Crippen LogP contribution in [0.5, 0.6) is 5.75 Å². The van der Waals surface area contributed by atoms with E-state index in [-0.39, 0.29) is 24.8 Å². The van der Waals surface area contributed by atoms with Crippen LogP contribution in [0.4, 0.5) is 0 Å². The molecule has 2 fully saturated rings. The second kappa shape index (κ2) is 10.1. The van der Waals surface area contributed by atoms with Gasteiger partial charge in [0.25, 0.3) is 0 Å². The Kier molecular flexibility index (Phi) is 9.19. The van der Waals surface area contributed by atoms with Crippen molar-refractivity contribution in [2.75, 3.05) is 39.4 Å². The van der Waals surface area contributed by atoms with Gasteiger partial charge in [0.05, 0.1) is 4.47 Å². The molecule has 4 nitrogen and oxygen atoms in total. The maximum Gasteiger partial charge on any atom is 0.129 e. The first-order valence-corrected chi connectivity index (χ1v) is 8.56. The molecule has 0 unspecified atom stereocenters. The third-order valence-electron chi connectivity index (χ3n) is 4.57. The van der Waals surface area contributed by atoms with Crippen molar-refractivity contribution in [2.45, 2.75) is 18.9 Å². The molecule has 0 aromatic heterocycles. The van der Waals surface area contributed by atoms with E-state index in [0.29, 0.717) is 17.7 Å². The summed E-state index contributed by atoms with van der Waals surface area (Å²) in [5, 5.41) is 13.2. The third-order valence-corrected chi connectivity index (χ3v) is 5.21. The van der Waals surface area contributed by atoms with Crippen LogP contribution in [0, 0.1) is 5.92 Å². The first kappa shape index (κ1) is 21.0. The van der Waals surface area contributed by atoms with E-state index in [2.05, 4.69) is 38.3 Å². The first-order valence-electron chi connectivity index (χ1n) is 7.76. The summed E-state index contributed by atoms with van der Waals surface area (Å²) in [4.78, 5) is 2.59. The number of hydrogen-bond donors (Lipinski definition) is 2. The summed E-state index contributed by atoms with van der Waals surface area (Å²) in [6.07, 6.45) is 2.24. The van der Waals surface area contributed by atoms with Crippen LogP contribution in [-0.2, 0) is 4.74 Å². The molecule has 1 aromatic carbocycles. The molecule has 2 N–H and O–H groups in total. The van der Waals surface area contributed by atoms with E-state index in [1.165, 1.54) is 5.56 Å². The zero-order valence-electron chi connectivity index (χ0n) is 13.0. The number of phenols is 1. The van der Waals surface area contributed by atoms with E-state index >= 15 is 0 Å². The van der Waals surface area contributed by atoms with Crippen LogP contribution in [0.1, 0.15) is 24.4 Å². The number of nitrogens with zero attached hydrogens (tertiary/aromatic N) is 1. The van der Waals surface area contributed by atoms with Crippen molar-refractivity contribution >= 4 is 40.7 Å². The average molecular weight is 428 g/mol. The van der Waals surface area contributed by atoms with Gasteiger partial charge in [0.1, 0.15) is 5.75 Å². The lowest BCUT2D eigenvalue weighted by atomic mass is 9.85. The van der Waals surface area contributed by atoms with E-state index in [9.17, 15) is 5.11 Å². The van der Waals surface area contributed by atoms with E-state index in [4.69, 9.17) is 4.74 Å². The van der Waals surface area contributed by atoms with Crippen LogP contribution < -0.4 is 5.32 Å². The molecule has 0 bridgehead atoms. The summed E-state index contributed by atoms with van der Waals surface area (Å²) in [5.74, 6) is 0.943. The smallest absolute Gasteiger partial charge is 0.129 e. The summed E-state index contributed by atoms with van der Waals surface area (Å²) in [7, 11) is 0. The van der Waals surface area contributed by atoms with Crippen LogP contribution in [0.15, 0.2) is 22.7 Å². The predicted octanol–water partition coefficient (Wildman–Crippen LogP) is 3.37. The lowest BCUT2D eigenvalue weighted by molar-refractivity contribution is 0.0213. The molecule has 2 heterocycles. The largest absolute Gasteiger partial charge is 0.507 e. The number of ether oxygens (including phenoxy) is 1. The molecule has 0 aliphatic carbocycles. The summed E-state index contributed by atoms with van der Waals surface area (Å²) in [5.41, 5.74) is 1.30. The highest BCUT2D eigenvalue weighted by atomic mass is 79.9. The Morgan fingerprint density at radius 2 is 1.83 bits per heavy atom. The Hall–Kier alpha value is -0.0400. The highest BCUT2D eigenvalue weighted by Crippen LogP contribution is 2.37. The Bertz CT molecular complexity index is 463. The van der Waals surface area contributed by atoms with Crippen molar-refractivity contribution in [1.82, 2.24) is 10.2 Å². The summed E-state index contributed by atoms with van der Waals surface area (Å²) in [6, 6.07) is 6.38. The van der Waals surface area contributed by atoms with Crippen LogP contribution in [0.25, 0.3) is 0 Å². The number of benzene rings is 1. The van der Waals surface area contributed by atoms with Gasteiger partial charge in [-0.1, -0.05) is 6.07 Å². The normalized spacial score (nSPS) is 21.1. The van der Waals surface area contributed by atoms with Crippen LogP contribution >= 0.6 is 40.7 Å². The fourth-order valence-electron chi connectivity index (χ4n) is 3.48. The van der Waals surface area contributed by atoms with Gasteiger partial charge in [-0.3, -0.25) is 4.90 Å². The second-order valence-electron chi connectivity index (χ2n) is 5.89. The van der Waals surface area contributed by atoms with Crippen LogP contribution in [0.3, 0.4) is 0 Å². The molecule has 0 radical (unpaired) electrons. The summed E-state index contributed by atoms with van der Waals surface area (Å²) >= 11 is 3.46. The number of hydrogen-bond acceptors (Lipinski definition) is 4. The van der Waals surface area contributed by atoms with Crippen LogP contribution in [-0.4, -0.2) is 49.4 Å². The van der Waals surface area contributed by atoms with Gasteiger partial charge in [-0.25, -0.2) is 0 Å². The Morgan fingerprint density at radius 1 is 1.17 bits per heavy atom. The second-order valence-corrected chi connectivity index (χ2v) is 6.75. The van der Waals surface area contributed by atoms with Gasteiger partial charge in [0.15, 0.2) is 0 Å². The van der Waals surface area contributed by atoms with E-state index in [0.717, 1.165) is 56.7 Å². The summed E-state index contributed by atoms with van der Waals surface area (Å²) in [6.45, 7) is 6.01. The van der Waals surface area contributed by atoms with E-state index in [1.807, 2.05) is 0 Å². The van der Waals surface area contributed by atoms with Gasteiger partial charge in [-0.2, -0.15) is 0 Å². The molecular weight excluding hydrogens is 403 g/mol. The van der Waals surface area contributed by atoms with E-state index < -0.39 is 0 Å². The van der Waals surface area contributed by atoms with E-state index in [1.54, 1.807) is 6.07 Å². The minimum atomic E-state index is 0. The number of piperazine rings is 1. The molecule has 1 aromatic rings. The SMILES string of the molecule is Cl.Cl.Oc1ccc([C@@H](C2CCOCC2)N2CCNCC2)cc1Br. The number of halogens is 3. The molecule has 2 aliphatic rings. The molecule has 1 atom stereocenters. The monoisotopic (exact) mass is 426 g/mol. The van der Waals surface area contributed by atoms with Crippen molar-refractivity contribution in [1.29, 1.82) is 0 Å². The summed E-state index contributed by atoms with van der Waals surface area (Å²) < 4.78 is 6.32. The topological polar surface area (TPSA) is 44.7 Å². The van der Waals surface area contributed by atoms with Gasteiger partial charge < -0.3 is 15.2 Å². The molecule has 7 heteroatoms. The molecular formula is C16H25BrCl2N2O2. The Balaban J connectivity index is 0.00000132. The van der Waals surface area contributed by atoms with Crippen LogP contribution in [0.2, 0.25) is 0 Å². The minimum Gasteiger partial charge on any atom is -0.507 e. The first-order chi connectivity index (χ1) is 10.3. The zero-order valence-corrected chi connectivity index (χ0v) is 16.3.